The molecule has 0 atom stereocenters. The summed E-state index contributed by atoms with van der Waals surface area (Å²) in [5.74, 6) is 0.531. The second-order valence-corrected chi connectivity index (χ2v) is 5.59. The van der Waals surface area contributed by atoms with E-state index in [0.717, 1.165) is 16.3 Å². The molecule has 112 valence electrons. The van der Waals surface area contributed by atoms with Crippen LogP contribution in [-0.2, 0) is 20.4 Å². The molecule has 1 aliphatic heterocycles. The first-order valence-electron chi connectivity index (χ1n) is 6.96. The summed E-state index contributed by atoms with van der Waals surface area (Å²) in [5, 5.41) is 11.2. The van der Waals surface area contributed by atoms with E-state index in [1.54, 1.807) is 17.7 Å². The molecule has 6 nitrogen and oxygen atoms in total. The Labute approximate surface area is 124 Å². The van der Waals surface area contributed by atoms with Gasteiger partial charge in [-0.25, -0.2) is 0 Å². The van der Waals surface area contributed by atoms with Crippen molar-refractivity contribution >= 4 is 21.8 Å². The van der Waals surface area contributed by atoms with Gasteiger partial charge in [-0.15, -0.1) is 0 Å². The maximum Gasteiger partial charge on any atom is 0.254 e. The van der Waals surface area contributed by atoms with Crippen molar-refractivity contribution < 1.29 is 9.84 Å². The van der Waals surface area contributed by atoms with E-state index in [4.69, 9.17) is 4.74 Å². The standard InChI is InChI=1S/C16H14N2O4/c1-8-3-13(21)18-7-22-16-14-11(5-10(8)15(16)18)9(6-19)4-12(20)17(14)2/h3-5,19H,6-7H2,1-2H3. The van der Waals surface area contributed by atoms with E-state index in [1.807, 2.05) is 13.0 Å². The largest absolute Gasteiger partial charge is 0.468 e. The number of aliphatic hydroxyl groups is 1. The Balaban J connectivity index is 2.38. The molecule has 1 aromatic carbocycles. The molecule has 0 saturated carbocycles. The Kier molecular flexibility index (Phi) is 2.50. The van der Waals surface area contributed by atoms with Crippen LogP contribution in [0.5, 0.6) is 5.75 Å². The van der Waals surface area contributed by atoms with Crippen molar-refractivity contribution in [3.05, 3.63) is 50.0 Å². The number of rotatable bonds is 1. The fourth-order valence-electron chi connectivity index (χ4n) is 3.19. The van der Waals surface area contributed by atoms with Crippen molar-refractivity contribution in [2.45, 2.75) is 20.3 Å². The number of pyridine rings is 2. The molecule has 0 spiro atoms. The molecule has 1 aliphatic rings. The number of hydrogen-bond donors (Lipinski definition) is 1. The zero-order valence-corrected chi connectivity index (χ0v) is 12.2. The van der Waals surface area contributed by atoms with Crippen molar-refractivity contribution in [1.82, 2.24) is 9.13 Å². The second kappa shape index (κ2) is 4.20. The highest BCUT2D eigenvalue weighted by Gasteiger charge is 2.23. The molecule has 0 bridgehead atoms. The van der Waals surface area contributed by atoms with Crippen LogP contribution in [0.4, 0.5) is 0 Å². The first-order chi connectivity index (χ1) is 10.5. The predicted molar refractivity (Wildman–Crippen MR) is 82.2 cm³/mol. The molecule has 0 radical (unpaired) electrons. The van der Waals surface area contributed by atoms with E-state index in [9.17, 15) is 14.7 Å². The number of aromatic nitrogens is 2. The van der Waals surface area contributed by atoms with Crippen LogP contribution in [0, 0.1) is 6.92 Å². The van der Waals surface area contributed by atoms with Crippen LogP contribution >= 0.6 is 0 Å². The fourth-order valence-corrected chi connectivity index (χ4v) is 3.19. The Morgan fingerprint density at radius 2 is 1.91 bits per heavy atom. The number of fused-ring (bicyclic) bond motifs is 2. The highest BCUT2D eigenvalue weighted by atomic mass is 16.5. The normalized spacial score (nSPS) is 13.0. The Bertz CT molecular complexity index is 1080. The molecule has 0 aliphatic carbocycles. The van der Waals surface area contributed by atoms with Gasteiger partial charge in [-0.1, -0.05) is 0 Å². The first-order valence-corrected chi connectivity index (χ1v) is 6.96. The molecular weight excluding hydrogens is 284 g/mol. The minimum Gasteiger partial charge on any atom is -0.468 e. The van der Waals surface area contributed by atoms with Gasteiger partial charge >= 0.3 is 0 Å². The summed E-state index contributed by atoms with van der Waals surface area (Å²) in [4.78, 5) is 24.2. The van der Waals surface area contributed by atoms with Crippen LogP contribution in [-0.4, -0.2) is 14.2 Å². The molecule has 2 aromatic heterocycles. The van der Waals surface area contributed by atoms with Crippen molar-refractivity contribution in [2.24, 2.45) is 7.05 Å². The smallest absolute Gasteiger partial charge is 0.254 e. The van der Waals surface area contributed by atoms with Crippen LogP contribution in [0.25, 0.3) is 21.8 Å². The zero-order chi connectivity index (χ0) is 15.6. The molecule has 1 N–H and O–H groups in total. The maximum absolute atomic E-state index is 12.1. The average Bonchev–Trinajstić information content (AvgIpc) is 2.93. The van der Waals surface area contributed by atoms with E-state index in [0.29, 0.717) is 22.3 Å². The van der Waals surface area contributed by atoms with Gasteiger partial charge in [0.15, 0.2) is 12.5 Å². The zero-order valence-electron chi connectivity index (χ0n) is 12.2. The summed E-state index contributed by atoms with van der Waals surface area (Å²) in [7, 11) is 1.66. The molecule has 3 aromatic rings. The van der Waals surface area contributed by atoms with E-state index < -0.39 is 0 Å². The van der Waals surface area contributed by atoms with Crippen LogP contribution in [0.15, 0.2) is 27.8 Å². The number of benzene rings is 1. The van der Waals surface area contributed by atoms with E-state index in [1.165, 1.54) is 10.6 Å². The number of aryl methyl sites for hydroxylation is 2. The molecule has 0 unspecified atom stereocenters. The highest BCUT2D eigenvalue weighted by molar-refractivity contribution is 6.05. The van der Waals surface area contributed by atoms with Gasteiger partial charge in [-0.2, -0.15) is 0 Å². The second-order valence-electron chi connectivity index (χ2n) is 5.59. The lowest BCUT2D eigenvalue weighted by Gasteiger charge is -2.13. The van der Waals surface area contributed by atoms with Gasteiger partial charge in [-0.05, 0) is 24.1 Å². The number of hydrogen-bond acceptors (Lipinski definition) is 4. The molecule has 4 rings (SSSR count). The molecule has 6 heteroatoms. The van der Waals surface area contributed by atoms with Gasteiger partial charge in [0.25, 0.3) is 11.1 Å². The van der Waals surface area contributed by atoms with Crippen LogP contribution < -0.4 is 15.9 Å². The van der Waals surface area contributed by atoms with Gasteiger partial charge in [0.05, 0.1) is 17.6 Å². The minimum absolute atomic E-state index is 0.119. The molecular formula is C16H14N2O4. The maximum atomic E-state index is 12.1. The Hall–Kier alpha value is -2.60. The summed E-state index contributed by atoms with van der Waals surface area (Å²) < 4.78 is 8.78. The quantitative estimate of drug-likeness (QED) is 0.680. The Morgan fingerprint density at radius 1 is 1.14 bits per heavy atom. The summed E-state index contributed by atoms with van der Waals surface area (Å²) in [5.41, 5.74) is 2.39. The van der Waals surface area contributed by atoms with Crippen molar-refractivity contribution in [3.63, 3.8) is 0 Å². The lowest BCUT2D eigenvalue weighted by Crippen LogP contribution is -2.18. The molecule has 3 heterocycles. The van der Waals surface area contributed by atoms with E-state index in [2.05, 4.69) is 0 Å². The van der Waals surface area contributed by atoms with Crippen LogP contribution in [0.3, 0.4) is 0 Å². The first kappa shape index (κ1) is 13.1. The van der Waals surface area contributed by atoms with Gasteiger partial charge in [0, 0.05) is 30.0 Å². The molecule has 22 heavy (non-hydrogen) atoms. The highest BCUT2D eigenvalue weighted by Crippen LogP contribution is 2.38. The summed E-state index contributed by atoms with van der Waals surface area (Å²) in [6.45, 7) is 1.79. The predicted octanol–water partition coefficient (Wildman–Crippen LogP) is 1.00. The monoisotopic (exact) mass is 298 g/mol. The SMILES string of the molecule is Cc1cc(=O)n2c3c(c4c(cc13)c(CO)cc(=O)n4C)OC2. The van der Waals surface area contributed by atoms with E-state index >= 15 is 0 Å². The molecule has 0 fully saturated rings. The average molecular weight is 298 g/mol. The lowest BCUT2D eigenvalue weighted by atomic mass is 10.0. The Morgan fingerprint density at radius 3 is 2.64 bits per heavy atom. The number of aliphatic hydroxyl groups excluding tert-OH is 1. The summed E-state index contributed by atoms with van der Waals surface area (Å²) in [6.07, 6.45) is 0. The molecule has 0 saturated heterocycles. The van der Waals surface area contributed by atoms with E-state index in [-0.39, 0.29) is 24.5 Å². The van der Waals surface area contributed by atoms with Gasteiger partial charge in [0.2, 0.25) is 0 Å². The topological polar surface area (TPSA) is 73.5 Å². The summed E-state index contributed by atoms with van der Waals surface area (Å²) >= 11 is 0. The lowest BCUT2D eigenvalue weighted by molar-refractivity contribution is 0.268. The van der Waals surface area contributed by atoms with Gasteiger partial charge < -0.3 is 14.4 Å². The van der Waals surface area contributed by atoms with Crippen LogP contribution in [0.2, 0.25) is 0 Å². The number of ether oxygens (including phenoxy) is 1. The third-order valence-electron chi connectivity index (χ3n) is 4.35. The third-order valence-corrected chi connectivity index (χ3v) is 4.35. The van der Waals surface area contributed by atoms with Crippen molar-refractivity contribution in [2.75, 3.05) is 0 Å². The van der Waals surface area contributed by atoms with Gasteiger partial charge in [0.1, 0.15) is 0 Å². The minimum atomic E-state index is -0.226. The van der Waals surface area contributed by atoms with Crippen LogP contribution in [0.1, 0.15) is 11.1 Å². The van der Waals surface area contributed by atoms with Gasteiger partial charge in [-0.3, -0.25) is 14.2 Å². The third kappa shape index (κ3) is 1.47. The number of nitrogens with zero attached hydrogens (tertiary/aromatic N) is 2. The fraction of sp³-hybridized carbons (Fsp3) is 0.250. The molecule has 0 amide bonds. The summed E-state index contributed by atoms with van der Waals surface area (Å²) in [6, 6.07) is 4.92. The van der Waals surface area contributed by atoms with Crippen molar-refractivity contribution in [3.8, 4) is 5.75 Å². The van der Waals surface area contributed by atoms with Crippen molar-refractivity contribution in [1.29, 1.82) is 0 Å².